The molecule has 0 radical (unpaired) electrons. The third kappa shape index (κ3) is 2.86. The molecule has 0 aliphatic carbocycles. The molecule has 2 aliphatic heterocycles. The van der Waals surface area contributed by atoms with Crippen LogP contribution in [-0.2, 0) is 9.53 Å². The lowest BCUT2D eigenvalue weighted by molar-refractivity contribution is -0.134. The number of rotatable bonds is 5. The normalized spacial score (nSPS) is 29.1. The average molecular weight is 254 g/mol. The van der Waals surface area contributed by atoms with Crippen LogP contribution in [0.4, 0.5) is 0 Å². The fraction of sp³-hybridized carbons (Fsp3) is 0.929. The summed E-state index contributed by atoms with van der Waals surface area (Å²) in [6.45, 7) is 6.04. The number of likely N-dealkylation sites (N-methyl/N-ethyl adjacent to an activating group) is 1. The van der Waals surface area contributed by atoms with Crippen LogP contribution in [-0.4, -0.2) is 61.1 Å². The molecule has 4 heteroatoms. The zero-order chi connectivity index (χ0) is 13.0. The molecular formula is C14H26N2O2. The van der Waals surface area contributed by atoms with E-state index in [0.717, 1.165) is 19.5 Å². The van der Waals surface area contributed by atoms with E-state index in [0.29, 0.717) is 25.1 Å². The highest BCUT2D eigenvalue weighted by Crippen LogP contribution is 2.30. The van der Waals surface area contributed by atoms with Crippen LogP contribution in [0.1, 0.15) is 39.0 Å². The summed E-state index contributed by atoms with van der Waals surface area (Å²) in [5, 5.41) is 0. The van der Waals surface area contributed by atoms with Gasteiger partial charge in [0, 0.05) is 25.7 Å². The molecule has 0 spiro atoms. The molecule has 104 valence electrons. The van der Waals surface area contributed by atoms with Crippen molar-refractivity contribution in [2.45, 2.75) is 51.1 Å². The van der Waals surface area contributed by atoms with Crippen LogP contribution < -0.4 is 0 Å². The minimum atomic E-state index is 0.280. The number of carbonyl (C=O) groups excluding carboxylic acids is 1. The van der Waals surface area contributed by atoms with Crippen molar-refractivity contribution in [3.05, 3.63) is 0 Å². The second kappa shape index (κ2) is 6.53. The first kappa shape index (κ1) is 13.8. The van der Waals surface area contributed by atoms with Gasteiger partial charge in [-0.25, -0.2) is 0 Å². The molecule has 1 amide bonds. The van der Waals surface area contributed by atoms with E-state index in [2.05, 4.69) is 16.7 Å². The maximum Gasteiger partial charge on any atom is 0.225 e. The Balaban J connectivity index is 1.96. The fourth-order valence-electron chi connectivity index (χ4n) is 3.52. The van der Waals surface area contributed by atoms with Gasteiger partial charge in [0.25, 0.3) is 0 Å². The molecule has 2 heterocycles. The van der Waals surface area contributed by atoms with Gasteiger partial charge >= 0.3 is 0 Å². The summed E-state index contributed by atoms with van der Waals surface area (Å²) in [5.41, 5.74) is 0. The Hall–Kier alpha value is -0.610. The van der Waals surface area contributed by atoms with Crippen molar-refractivity contribution in [2.75, 3.05) is 33.4 Å². The molecule has 18 heavy (non-hydrogen) atoms. The zero-order valence-corrected chi connectivity index (χ0v) is 11.7. The monoisotopic (exact) mass is 254 g/mol. The van der Waals surface area contributed by atoms with Gasteiger partial charge in [0.2, 0.25) is 5.91 Å². The molecule has 2 fully saturated rings. The van der Waals surface area contributed by atoms with Crippen LogP contribution >= 0.6 is 0 Å². The van der Waals surface area contributed by atoms with E-state index < -0.39 is 0 Å². The average Bonchev–Trinajstić information content (AvgIpc) is 3.02. The van der Waals surface area contributed by atoms with Crippen LogP contribution in [0.15, 0.2) is 0 Å². The van der Waals surface area contributed by atoms with Crippen molar-refractivity contribution in [1.82, 2.24) is 9.80 Å². The number of methoxy groups -OCH3 is 1. The fourth-order valence-corrected chi connectivity index (χ4v) is 3.52. The van der Waals surface area contributed by atoms with Gasteiger partial charge in [0.1, 0.15) is 0 Å². The number of amides is 1. The lowest BCUT2D eigenvalue weighted by Crippen LogP contribution is -2.48. The Labute approximate surface area is 110 Å². The predicted octanol–water partition coefficient (Wildman–Crippen LogP) is 1.50. The molecule has 2 saturated heterocycles. The summed E-state index contributed by atoms with van der Waals surface area (Å²) in [6.07, 6.45) is 5.42. The van der Waals surface area contributed by atoms with E-state index >= 15 is 0 Å². The zero-order valence-electron chi connectivity index (χ0n) is 11.7. The molecular weight excluding hydrogens is 228 g/mol. The number of ether oxygens (including phenoxy) is 1. The lowest BCUT2D eigenvalue weighted by atomic mass is 10.0. The summed E-state index contributed by atoms with van der Waals surface area (Å²) in [6, 6.07) is 1.06. The highest BCUT2D eigenvalue weighted by Gasteiger charge is 2.38. The van der Waals surface area contributed by atoms with Crippen LogP contribution in [0, 0.1) is 0 Å². The van der Waals surface area contributed by atoms with E-state index in [4.69, 9.17) is 4.74 Å². The number of hydrogen-bond donors (Lipinski definition) is 0. The minimum absolute atomic E-state index is 0.280. The molecule has 4 nitrogen and oxygen atoms in total. The molecule has 2 rings (SSSR count). The quantitative estimate of drug-likeness (QED) is 0.745. The predicted molar refractivity (Wildman–Crippen MR) is 71.5 cm³/mol. The van der Waals surface area contributed by atoms with E-state index in [1.165, 1.54) is 25.8 Å². The van der Waals surface area contributed by atoms with Crippen molar-refractivity contribution in [3.8, 4) is 0 Å². The van der Waals surface area contributed by atoms with Gasteiger partial charge in [-0.05, 0) is 38.8 Å². The first-order chi connectivity index (χ1) is 8.77. The third-order valence-electron chi connectivity index (χ3n) is 4.40. The first-order valence-corrected chi connectivity index (χ1v) is 7.30. The molecule has 2 aliphatic rings. The summed E-state index contributed by atoms with van der Waals surface area (Å²) in [4.78, 5) is 16.9. The number of likely N-dealkylation sites (tertiary alicyclic amines) is 2. The highest BCUT2D eigenvalue weighted by molar-refractivity contribution is 5.77. The van der Waals surface area contributed by atoms with Gasteiger partial charge in [-0.15, -0.1) is 0 Å². The largest absolute Gasteiger partial charge is 0.384 e. The van der Waals surface area contributed by atoms with Crippen molar-refractivity contribution < 1.29 is 9.53 Å². The molecule has 0 aromatic rings. The molecule has 2 atom stereocenters. The van der Waals surface area contributed by atoms with Crippen LogP contribution in [0.3, 0.4) is 0 Å². The Kier molecular flexibility index (Phi) is 5.01. The second-order valence-electron chi connectivity index (χ2n) is 5.38. The van der Waals surface area contributed by atoms with Gasteiger partial charge < -0.3 is 9.64 Å². The molecule has 0 N–H and O–H groups in total. The Morgan fingerprint density at radius 2 is 1.94 bits per heavy atom. The SMILES string of the molecule is CCN1CCC[C@H]1[C@H]1CCCN1C(=O)CCOC. The lowest BCUT2D eigenvalue weighted by Gasteiger charge is -2.34. The Bertz CT molecular complexity index is 283. The maximum absolute atomic E-state index is 12.2. The molecule has 0 unspecified atom stereocenters. The van der Waals surface area contributed by atoms with Gasteiger partial charge in [-0.3, -0.25) is 9.69 Å². The minimum Gasteiger partial charge on any atom is -0.384 e. The number of hydrogen-bond acceptors (Lipinski definition) is 3. The van der Waals surface area contributed by atoms with Crippen LogP contribution in [0.2, 0.25) is 0 Å². The van der Waals surface area contributed by atoms with Crippen molar-refractivity contribution >= 4 is 5.91 Å². The van der Waals surface area contributed by atoms with Gasteiger partial charge in [0.05, 0.1) is 13.0 Å². The summed E-state index contributed by atoms with van der Waals surface area (Å²) < 4.78 is 5.02. The molecule has 0 bridgehead atoms. The van der Waals surface area contributed by atoms with Crippen molar-refractivity contribution in [1.29, 1.82) is 0 Å². The Morgan fingerprint density at radius 1 is 1.22 bits per heavy atom. The van der Waals surface area contributed by atoms with E-state index in [1.807, 2.05) is 0 Å². The van der Waals surface area contributed by atoms with E-state index in [-0.39, 0.29) is 5.91 Å². The van der Waals surface area contributed by atoms with E-state index in [1.54, 1.807) is 7.11 Å². The standard InChI is InChI=1S/C14H26N2O2/c1-3-15-9-4-6-12(15)13-7-5-10-16(13)14(17)8-11-18-2/h12-13H,3-11H2,1-2H3/t12-,13+/m0/s1. The first-order valence-electron chi connectivity index (χ1n) is 7.30. The Morgan fingerprint density at radius 3 is 2.67 bits per heavy atom. The van der Waals surface area contributed by atoms with E-state index in [9.17, 15) is 4.79 Å². The molecule has 0 aromatic heterocycles. The summed E-state index contributed by atoms with van der Waals surface area (Å²) in [7, 11) is 1.66. The maximum atomic E-state index is 12.2. The third-order valence-corrected chi connectivity index (χ3v) is 4.40. The molecule has 0 aromatic carbocycles. The van der Waals surface area contributed by atoms with Gasteiger partial charge in [-0.1, -0.05) is 6.92 Å². The number of nitrogens with zero attached hydrogens (tertiary/aromatic N) is 2. The smallest absolute Gasteiger partial charge is 0.225 e. The van der Waals surface area contributed by atoms with Gasteiger partial charge in [0.15, 0.2) is 0 Å². The second-order valence-corrected chi connectivity index (χ2v) is 5.38. The summed E-state index contributed by atoms with van der Waals surface area (Å²) >= 11 is 0. The number of carbonyl (C=O) groups is 1. The summed E-state index contributed by atoms with van der Waals surface area (Å²) in [5.74, 6) is 0.280. The van der Waals surface area contributed by atoms with Crippen molar-refractivity contribution in [2.24, 2.45) is 0 Å². The van der Waals surface area contributed by atoms with Gasteiger partial charge in [-0.2, -0.15) is 0 Å². The van der Waals surface area contributed by atoms with Crippen LogP contribution in [0.5, 0.6) is 0 Å². The van der Waals surface area contributed by atoms with Crippen molar-refractivity contribution in [3.63, 3.8) is 0 Å². The highest BCUT2D eigenvalue weighted by atomic mass is 16.5. The topological polar surface area (TPSA) is 32.8 Å². The molecule has 0 saturated carbocycles. The van der Waals surface area contributed by atoms with Crippen LogP contribution in [0.25, 0.3) is 0 Å².